The number of benzene rings is 1. The van der Waals surface area contributed by atoms with Crippen LogP contribution in [-0.2, 0) is 14.8 Å². The molecule has 0 saturated carbocycles. The topological polar surface area (TPSA) is 66.5 Å². The van der Waals surface area contributed by atoms with Crippen LogP contribution in [-0.4, -0.2) is 32.2 Å². The highest BCUT2D eigenvalue weighted by molar-refractivity contribution is 7.89. The van der Waals surface area contributed by atoms with Crippen LogP contribution in [0.25, 0.3) is 0 Å². The predicted molar refractivity (Wildman–Crippen MR) is 80.0 cm³/mol. The number of hydrogen-bond donors (Lipinski definition) is 1. The third-order valence-corrected chi connectivity index (χ3v) is 4.40. The molecule has 0 saturated heterocycles. The van der Waals surface area contributed by atoms with Crippen LogP contribution in [0, 0.1) is 5.41 Å². The van der Waals surface area contributed by atoms with E-state index < -0.39 is 10.0 Å². The number of sulfonamides is 1. The summed E-state index contributed by atoms with van der Waals surface area (Å²) in [5, 5.41) is 2.60. The van der Waals surface area contributed by atoms with E-state index in [9.17, 15) is 13.2 Å². The smallest absolute Gasteiger partial charge is 0.242 e. The van der Waals surface area contributed by atoms with E-state index in [2.05, 4.69) is 5.32 Å². The molecule has 0 spiro atoms. The minimum atomic E-state index is -3.50. The molecule has 0 atom stereocenters. The predicted octanol–water partition coefficient (Wildman–Crippen LogP) is 2.31. The Balaban J connectivity index is 2.95. The monoisotopic (exact) mass is 298 g/mol. The van der Waals surface area contributed by atoms with E-state index in [1.165, 1.54) is 23.4 Å². The summed E-state index contributed by atoms with van der Waals surface area (Å²) in [6.07, 6.45) is 0. The number of hydrogen-bond acceptors (Lipinski definition) is 3. The number of carbonyl (C=O) groups excluding carboxylic acids is 1. The third kappa shape index (κ3) is 4.61. The maximum Gasteiger partial charge on any atom is 0.242 e. The summed E-state index contributed by atoms with van der Waals surface area (Å²) >= 11 is 0. The summed E-state index contributed by atoms with van der Waals surface area (Å²) in [7, 11) is -1.93. The van der Waals surface area contributed by atoms with Crippen molar-refractivity contribution < 1.29 is 13.2 Å². The first-order chi connectivity index (χ1) is 9.02. The van der Waals surface area contributed by atoms with Crippen molar-refractivity contribution in [2.24, 2.45) is 5.41 Å². The normalized spacial score (nSPS) is 12.5. The molecular weight excluding hydrogens is 276 g/mol. The minimum absolute atomic E-state index is 0.113. The fraction of sp³-hybridized carbons (Fsp3) is 0.500. The van der Waals surface area contributed by atoms with Crippen LogP contribution in [0.5, 0.6) is 0 Å². The Morgan fingerprint density at radius 3 is 2.10 bits per heavy atom. The van der Waals surface area contributed by atoms with Crippen LogP contribution in [0.15, 0.2) is 29.2 Å². The molecular formula is C14H22N2O3S. The molecule has 1 aromatic carbocycles. The third-order valence-electron chi connectivity index (χ3n) is 2.58. The van der Waals surface area contributed by atoms with Gasteiger partial charge in [0.25, 0.3) is 0 Å². The first kappa shape index (κ1) is 16.7. The molecule has 0 aliphatic heterocycles. The van der Waals surface area contributed by atoms with Gasteiger partial charge in [-0.15, -0.1) is 0 Å². The summed E-state index contributed by atoms with van der Waals surface area (Å²) in [5.41, 5.74) is 0.465. The number of amides is 1. The van der Waals surface area contributed by atoms with E-state index in [4.69, 9.17) is 0 Å². The summed E-state index contributed by atoms with van der Waals surface area (Å²) in [6, 6.07) is 6.16. The fourth-order valence-electron chi connectivity index (χ4n) is 1.85. The maximum atomic E-state index is 12.4. The number of carbonyl (C=O) groups is 1. The lowest BCUT2D eigenvalue weighted by Gasteiger charge is -2.26. The first-order valence-electron chi connectivity index (χ1n) is 6.36. The second-order valence-corrected chi connectivity index (χ2v) is 8.07. The minimum Gasteiger partial charge on any atom is -0.326 e. The van der Waals surface area contributed by atoms with Gasteiger partial charge in [-0.1, -0.05) is 20.8 Å². The van der Waals surface area contributed by atoms with Gasteiger partial charge in [-0.3, -0.25) is 4.79 Å². The molecule has 1 rings (SSSR count). The van der Waals surface area contributed by atoms with Gasteiger partial charge in [0.1, 0.15) is 0 Å². The Hall–Kier alpha value is -1.40. The Kier molecular flexibility index (Phi) is 4.94. The molecule has 1 N–H and O–H groups in total. The van der Waals surface area contributed by atoms with Gasteiger partial charge in [0, 0.05) is 26.2 Å². The molecule has 0 fully saturated rings. The SMILES string of the molecule is CC(=O)Nc1ccc(S(=O)(=O)N(C)CC(C)(C)C)cc1. The molecule has 20 heavy (non-hydrogen) atoms. The molecule has 0 aliphatic rings. The van der Waals surface area contributed by atoms with Gasteiger partial charge in [0.2, 0.25) is 15.9 Å². The van der Waals surface area contributed by atoms with Crippen LogP contribution in [0.1, 0.15) is 27.7 Å². The molecule has 6 heteroatoms. The van der Waals surface area contributed by atoms with Gasteiger partial charge in [-0.2, -0.15) is 0 Å². The van der Waals surface area contributed by atoms with Gasteiger partial charge in [0.15, 0.2) is 0 Å². The van der Waals surface area contributed by atoms with Crippen molar-refractivity contribution in [1.29, 1.82) is 0 Å². The Morgan fingerprint density at radius 2 is 1.70 bits per heavy atom. The molecule has 0 unspecified atom stereocenters. The van der Waals surface area contributed by atoms with Crippen LogP contribution < -0.4 is 5.32 Å². The highest BCUT2D eigenvalue weighted by Gasteiger charge is 2.25. The van der Waals surface area contributed by atoms with Gasteiger partial charge in [0.05, 0.1) is 4.90 Å². The van der Waals surface area contributed by atoms with E-state index in [0.29, 0.717) is 12.2 Å². The van der Waals surface area contributed by atoms with Crippen molar-refractivity contribution in [2.75, 3.05) is 18.9 Å². The number of nitrogens with one attached hydrogen (secondary N) is 1. The van der Waals surface area contributed by atoms with E-state index in [1.807, 2.05) is 20.8 Å². The van der Waals surface area contributed by atoms with Crippen molar-refractivity contribution in [2.45, 2.75) is 32.6 Å². The fourth-order valence-corrected chi connectivity index (χ4v) is 3.24. The van der Waals surface area contributed by atoms with Crippen LogP contribution >= 0.6 is 0 Å². The Morgan fingerprint density at radius 1 is 1.20 bits per heavy atom. The second-order valence-electron chi connectivity index (χ2n) is 6.03. The standard InChI is InChI=1S/C14H22N2O3S/c1-11(17)15-12-6-8-13(9-7-12)20(18,19)16(5)10-14(2,3)4/h6-9H,10H2,1-5H3,(H,15,17). The molecule has 0 radical (unpaired) electrons. The van der Waals surface area contributed by atoms with Crippen molar-refractivity contribution in [3.63, 3.8) is 0 Å². The van der Waals surface area contributed by atoms with Crippen LogP contribution in [0.3, 0.4) is 0 Å². The molecule has 0 aliphatic carbocycles. The van der Waals surface area contributed by atoms with E-state index in [0.717, 1.165) is 0 Å². The molecule has 0 heterocycles. The van der Waals surface area contributed by atoms with Gasteiger partial charge in [-0.25, -0.2) is 12.7 Å². The first-order valence-corrected chi connectivity index (χ1v) is 7.80. The lowest BCUT2D eigenvalue weighted by atomic mass is 9.97. The lowest BCUT2D eigenvalue weighted by molar-refractivity contribution is -0.114. The molecule has 5 nitrogen and oxygen atoms in total. The second kappa shape index (κ2) is 5.93. The lowest BCUT2D eigenvalue weighted by Crippen LogP contribution is -2.34. The average Bonchev–Trinajstić information content (AvgIpc) is 2.26. The summed E-state index contributed by atoms with van der Waals surface area (Å²) < 4.78 is 26.1. The highest BCUT2D eigenvalue weighted by atomic mass is 32.2. The number of anilines is 1. The molecule has 1 aromatic rings. The summed E-state index contributed by atoms with van der Waals surface area (Å²) in [4.78, 5) is 11.1. The Labute approximate surface area is 121 Å². The summed E-state index contributed by atoms with van der Waals surface area (Å²) in [6.45, 7) is 7.79. The number of rotatable bonds is 4. The van der Waals surface area contributed by atoms with Crippen molar-refractivity contribution >= 4 is 21.6 Å². The maximum absolute atomic E-state index is 12.4. The molecule has 0 bridgehead atoms. The van der Waals surface area contributed by atoms with Crippen molar-refractivity contribution in [1.82, 2.24) is 4.31 Å². The zero-order valence-electron chi connectivity index (χ0n) is 12.6. The van der Waals surface area contributed by atoms with Gasteiger partial charge < -0.3 is 5.32 Å². The van der Waals surface area contributed by atoms with Gasteiger partial charge >= 0.3 is 0 Å². The van der Waals surface area contributed by atoms with E-state index in [1.54, 1.807) is 19.2 Å². The average molecular weight is 298 g/mol. The van der Waals surface area contributed by atoms with Crippen LogP contribution in [0.2, 0.25) is 0 Å². The molecule has 1 amide bonds. The zero-order valence-corrected chi connectivity index (χ0v) is 13.4. The van der Waals surface area contributed by atoms with Crippen LogP contribution in [0.4, 0.5) is 5.69 Å². The zero-order chi connectivity index (χ0) is 15.6. The van der Waals surface area contributed by atoms with Crippen molar-refractivity contribution in [3.8, 4) is 0 Å². The Bertz CT molecular complexity index is 571. The number of nitrogens with zero attached hydrogens (tertiary/aromatic N) is 1. The molecule has 112 valence electrons. The van der Waals surface area contributed by atoms with Crippen molar-refractivity contribution in [3.05, 3.63) is 24.3 Å². The largest absolute Gasteiger partial charge is 0.326 e. The van der Waals surface area contributed by atoms with E-state index >= 15 is 0 Å². The van der Waals surface area contributed by atoms with E-state index in [-0.39, 0.29) is 16.2 Å². The molecule has 0 aromatic heterocycles. The highest BCUT2D eigenvalue weighted by Crippen LogP contribution is 2.21. The summed E-state index contributed by atoms with van der Waals surface area (Å²) in [5.74, 6) is -0.189. The van der Waals surface area contributed by atoms with Gasteiger partial charge in [-0.05, 0) is 29.7 Å². The quantitative estimate of drug-likeness (QED) is 0.927.